The van der Waals surface area contributed by atoms with Crippen molar-refractivity contribution in [2.75, 3.05) is 0 Å². The number of rotatable bonds is 2. The molecule has 0 aliphatic rings. The van der Waals surface area contributed by atoms with Crippen molar-refractivity contribution in [3.8, 4) is 19.8 Å². The Hall–Kier alpha value is -4.20. The van der Waals surface area contributed by atoms with Crippen LogP contribution < -0.4 is 0 Å². The average molecular weight is 607 g/mol. The number of hydrogen-bond acceptors (Lipinski definition) is 6. The molecule has 42 heavy (non-hydrogen) atoms. The van der Waals surface area contributed by atoms with Gasteiger partial charge in [-0.2, -0.15) is 0 Å². The third kappa shape index (κ3) is 3.47. The van der Waals surface area contributed by atoms with Crippen LogP contribution in [-0.2, 0) is 0 Å². The van der Waals surface area contributed by atoms with Gasteiger partial charge >= 0.3 is 0 Å². The molecule has 4 aromatic heterocycles. The van der Waals surface area contributed by atoms with E-state index < -0.39 is 0 Å². The summed E-state index contributed by atoms with van der Waals surface area (Å²) in [6.07, 6.45) is 0. The zero-order valence-corrected chi connectivity index (χ0v) is 25.2. The van der Waals surface area contributed by atoms with Crippen LogP contribution in [0.4, 0.5) is 0 Å². The number of hydrogen-bond donors (Lipinski definition) is 0. The molecular weight excluding hydrogens is 589 g/mol. The van der Waals surface area contributed by atoms with E-state index >= 15 is 0 Å². The molecular formula is C36H18N2S4. The Morgan fingerprint density at radius 1 is 0.381 bits per heavy atom. The molecule has 196 valence electrons. The predicted molar refractivity (Wildman–Crippen MR) is 187 cm³/mol. The van der Waals surface area contributed by atoms with Crippen LogP contribution in [0.1, 0.15) is 0 Å². The Balaban J connectivity index is 1.07. The molecule has 0 saturated heterocycles. The Kier molecular flexibility index (Phi) is 4.82. The highest BCUT2D eigenvalue weighted by atomic mass is 32.1. The maximum absolute atomic E-state index is 5.11. The summed E-state index contributed by atoms with van der Waals surface area (Å²) in [5.74, 6) is 0. The lowest BCUT2D eigenvalue weighted by atomic mass is 10.1. The molecule has 0 aliphatic heterocycles. The van der Waals surface area contributed by atoms with Crippen molar-refractivity contribution in [1.82, 2.24) is 9.97 Å². The van der Waals surface area contributed by atoms with Crippen LogP contribution in [0.15, 0.2) is 109 Å². The average Bonchev–Trinajstić information content (AvgIpc) is 3.82. The van der Waals surface area contributed by atoms with Gasteiger partial charge in [0, 0.05) is 9.40 Å². The fraction of sp³-hybridized carbons (Fsp3) is 0. The first-order valence-corrected chi connectivity index (χ1v) is 17.0. The number of benzene rings is 6. The van der Waals surface area contributed by atoms with E-state index in [1.54, 1.807) is 22.7 Å². The molecule has 10 aromatic rings. The van der Waals surface area contributed by atoms with Crippen LogP contribution >= 0.6 is 45.3 Å². The second-order valence-corrected chi connectivity index (χ2v) is 14.8. The van der Waals surface area contributed by atoms with Crippen LogP contribution in [0.5, 0.6) is 0 Å². The molecule has 0 atom stereocenters. The minimum atomic E-state index is 1.06. The van der Waals surface area contributed by atoms with Crippen LogP contribution in [0.25, 0.3) is 92.7 Å². The van der Waals surface area contributed by atoms with Gasteiger partial charge in [0.1, 0.15) is 10.0 Å². The second-order valence-electron chi connectivity index (χ2n) is 10.7. The first-order chi connectivity index (χ1) is 20.7. The number of aromatic nitrogens is 2. The Morgan fingerprint density at radius 3 is 1.33 bits per heavy atom. The van der Waals surface area contributed by atoms with Crippen LogP contribution in [-0.4, -0.2) is 9.97 Å². The summed E-state index contributed by atoms with van der Waals surface area (Å²) in [5, 5.41) is 12.4. The number of fused-ring (bicyclic) bond motifs is 9. The smallest absolute Gasteiger partial charge is 0.134 e. The lowest BCUT2D eigenvalue weighted by Crippen LogP contribution is -1.76. The second kappa shape index (κ2) is 8.66. The number of nitrogens with zero attached hydrogens (tertiary/aromatic N) is 2. The Bertz CT molecular complexity index is 2450. The van der Waals surface area contributed by atoms with E-state index in [2.05, 4.69) is 109 Å². The van der Waals surface area contributed by atoms with E-state index in [-0.39, 0.29) is 0 Å². The molecule has 6 aromatic carbocycles. The zero-order valence-electron chi connectivity index (χ0n) is 21.9. The lowest BCUT2D eigenvalue weighted by molar-refractivity contribution is 1.50. The molecule has 6 heteroatoms. The highest BCUT2D eigenvalue weighted by molar-refractivity contribution is 7.29. The first-order valence-electron chi connectivity index (χ1n) is 13.7. The van der Waals surface area contributed by atoms with Gasteiger partial charge in [-0.25, -0.2) is 9.97 Å². The normalized spacial score (nSPS) is 12.3. The minimum absolute atomic E-state index is 1.06. The third-order valence-corrected chi connectivity index (χ3v) is 12.8. The van der Waals surface area contributed by atoms with Gasteiger partial charge in [0.2, 0.25) is 0 Å². The van der Waals surface area contributed by atoms with E-state index in [0.717, 1.165) is 21.0 Å². The molecule has 0 unspecified atom stereocenters. The van der Waals surface area contributed by atoms with Gasteiger partial charge in [-0.1, -0.05) is 72.8 Å². The Morgan fingerprint density at radius 2 is 0.833 bits per heavy atom. The van der Waals surface area contributed by atoms with Gasteiger partial charge in [0.05, 0.1) is 30.2 Å². The molecule has 0 radical (unpaired) electrons. The Labute approximate surface area is 255 Å². The summed E-state index contributed by atoms with van der Waals surface area (Å²) in [5.41, 5.74) is 2.12. The summed E-state index contributed by atoms with van der Waals surface area (Å²) >= 11 is 7.25. The van der Waals surface area contributed by atoms with Gasteiger partial charge in [0.25, 0.3) is 0 Å². The predicted octanol–water partition coefficient (Wildman–Crippen LogP) is 12.1. The standard InChI is InChI=1S/C36H18N2S4/c1-3-7-25-19(5-1)9-11-21-15-31(39-33(21)25)35-37-27-13-23-18-30-28(14-24(23)17-29(27)41-35)38-36(42-30)32-16-22-12-10-20-6-2-4-8-26(20)34(22)40-32/h1-18H. The van der Waals surface area contributed by atoms with Gasteiger partial charge in [-0.3, -0.25) is 0 Å². The maximum Gasteiger partial charge on any atom is 0.134 e. The van der Waals surface area contributed by atoms with Crippen LogP contribution in [0, 0.1) is 0 Å². The third-order valence-electron chi connectivity index (χ3n) is 8.09. The summed E-state index contributed by atoms with van der Waals surface area (Å²) in [6, 6.07) is 39.8. The SMILES string of the molecule is c1ccc2c(c1)ccc1cc(-c3nc4cc5cc6sc(-c7cc8ccc9ccccc9c8s7)nc6cc5cc4s3)sc12. The summed E-state index contributed by atoms with van der Waals surface area (Å²) in [4.78, 5) is 12.7. The van der Waals surface area contributed by atoms with Gasteiger partial charge in [0.15, 0.2) is 0 Å². The molecule has 0 N–H and O–H groups in total. The highest BCUT2D eigenvalue weighted by Crippen LogP contribution is 2.43. The van der Waals surface area contributed by atoms with E-state index in [1.807, 2.05) is 22.7 Å². The largest absolute Gasteiger partial charge is 0.235 e. The van der Waals surface area contributed by atoms with Crippen molar-refractivity contribution in [3.63, 3.8) is 0 Å². The monoisotopic (exact) mass is 606 g/mol. The number of thiophene rings is 2. The molecule has 0 spiro atoms. The molecule has 0 fully saturated rings. The maximum atomic E-state index is 5.11. The molecule has 10 rings (SSSR count). The molecule has 0 saturated carbocycles. The highest BCUT2D eigenvalue weighted by Gasteiger charge is 2.15. The number of thiazole rings is 2. The fourth-order valence-corrected chi connectivity index (χ4v) is 10.5. The summed E-state index contributed by atoms with van der Waals surface area (Å²) in [6.45, 7) is 0. The van der Waals surface area contributed by atoms with Crippen molar-refractivity contribution in [3.05, 3.63) is 109 Å². The van der Waals surface area contributed by atoms with Crippen molar-refractivity contribution in [2.45, 2.75) is 0 Å². The van der Waals surface area contributed by atoms with Gasteiger partial charge in [-0.05, 0) is 79.5 Å². The van der Waals surface area contributed by atoms with Crippen molar-refractivity contribution >= 4 is 118 Å². The summed E-state index contributed by atoms with van der Waals surface area (Å²) in [7, 11) is 0. The van der Waals surface area contributed by atoms with E-state index in [4.69, 9.17) is 9.97 Å². The molecule has 2 nitrogen and oxygen atoms in total. The molecule has 0 amide bonds. The van der Waals surface area contributed by atoms with E-state index in [1.165, 1.54) is 71.6 Å². The molecule has 0 bridgehead atoms. The zero-order chi connectivity index (χ0) is 27.4. The summed E-state index contributed by atoms with van der Waals surface area (Å²) < 4.78 is 5.10. The quantitative estimate of drug-likeness (QED) is 0.196. The lowest BCUT2D eigenvalue weighted by Gasteiger charge is -1.97. The van der Waals surface area contributed by atoms with Gasteiger partial charge < -0.3 is 0 Å². The van der Waals surface area contributed by atoms with E-state index in [9.17, 15) is 0 Å². The van der Waals surface area contributed by atoms with Crippen LogP contribution in [0.3, 0.4) is 0 Å². The van der Waals surface area contributed by atoms with Crippen LogP contribution in [0.2, 0.25) is 0 Å². The fourth-order valence-electron chi connectivity index (χ4n) is 6.05. The van der Waals surface area contributed by atoms with Crippen molar-refractivity contribution in [2.24, 2.45) is 0 Å². The first kappa shape index (κ1) is 23.4. The molecule has 4 heterocycles. The van der Waals surface area contributed by atoms with Gasteiger partial charge in [-0.15, -0.1) is 45.3 Å². The van der Waals surface area contributed by atoms with Crippen molar-refractivity contribution in [1.29, 1.82) is 0 Å². The van der Waals surface area contributed by atoms with Crippen molar-refractivity contribution < 1.29 is 0 Å². The van der Waals surface area contributed by atoms with E-state index in [0.29, 0.717) is 0 Å². The molecule has 0 aliphatic carbocycles. The topological polar surface area (TPSA) is 25.8 Å². The minimum Gasteiger partial charge on any atom is -0.235 e.